The zero-order chi connectivity index (χ0) is 9.42. The molecule has 13 heavy (non-hydrogen) atoms. The van der Waals surface area contributed by atoms with Gasteiger partial charge in [-0.05, 0) is 24.0 Å². The molecule has 0 bridgehead atoms. The van der Waals surface area contributed by atoms with Gasteiger partial charge < -0.3 is 0 Å². The van der Waals surface area contributed by atoms with Crippen LogP contribution in [0.25, 0.3) is 10.9 Å². The topological polar surface area (TPSA) is 28.7 Å². The number of aromatic nitrogens is 2. The second-order valence-electron chi connectivity index (χ2n) is 3.79. The van der Waals surface area contributed by atoms with E-state index >= 15 is 0 Å². The van der Waals surface area contributed by atoms with Crippen molar-refractivity contribution in [2.75, 3.05) is 0 Å². The Kier molecular flexibility index (Phi) is 1.83. The summed E-state index contributed by atoms with van der Waals surface area (Å²) in [6.07, 6.45) is 1.88. The van der Waals surface area contributed by atoms with Crippen molar-refractivity contribution in [1.29, 1.82) is 0 Å². The molecule has 0 saturated heterocycles. The lowest BCUT2D eigenvalue weighted by molar-refractivity contribution is 0.861. The molecule has 2 heteroatoms. The van der Waals surface area contributed by atoms with Crippen LogP contribution in [0.2, 0.25) is 0 Å². The Labute approximate surface area is 78.0 Å². The molecule has 1 aromatic heterocycles. The summed E-state index contributed by atoms with van der Waals surface area (Å²) in [5, 5.41) is 8.32. The molecule has 0 atom stereocenters. The highest BCUT2D eigenvalue weighted by atomic mass is 15.1. The third kappa shape index (κ3) is 1.22. The van der Waals surface area contributed by atoms with Crippen LogP contribution in [-0.4, -0.2) is 10.2 Å². The van der Waals surface area contributed by atoms with Gasteiger partial charge in [0.2, 0.25) is 0 Å². The standard InChI is InChI=1S/C11H14N2/c1-7(2)10-8(3)4-5-9-6-12-13-11(9)10/h4-7H,1-3H3,(H,12,13). The van der Waals surface area contributed by atoms with Crippen LogP contribution in [-0.2, 0) is 0 Å². The first-order valence-electron chi connectivity index (χ1n) is 4.62. The maximum atomic E-state index is 4.06. The summed E-state index contributed by atoms with van der Waals surface area (Å²) >= 11 is 0. The molecule has 1 aromatic carbocycles. The predicted octanol–water partition coefficient (Wildman–Crippen LogP) is 2.99. The minimum absolute atomic E-state index is 0.546. The molecular weight excluding hydrogens is 160 g/mol. The summed E-state index contributed by atoms with van der Waals surface area (Å²) in [5.41, 5.74) is 3.91. The molecule has 68 valence electrons. The van der Waals surface area contributed by atoms with Gasteiger partial charge >= 0.3 is 0 Å². The predicted molar refractivity (Wildman–Crippen MR) is 54.9 cm³/mol. The number of hydrogen-bond donors (Lipinski definition) is 1. The number of aromatic amines is 1. The average Bonchev–Trinajstić information content (AvgIpc) is 2.50. The molecule has 0 spiro atoms. The molecule has 0 aliphatic rings. The fourth-order valence-electron chi connectivity index (χ4n) is 1.88. The third-order valence-corrected chi connectivity index (χ3v) is 2.45. The Morgan fingerprint density at radius 2 is 2.08 bits per heavy atom. The molecule has 0 aliphatic carbocycles. The van der Waals surface area contributed by atoms with E-state index in [1.807, 2.05) is 6.20 Å². The molecule has 0 radical (unpaired) electrons. The average molecular weight is 174 g/mol. The Bertz CT molecular complexity index is 427. The van der Waals surface area contributed by atoms with Crippen LogP contribution in [0.5, 0.6) is 0 Å². The highest BCUT2D eigenvalue weighted by molar-refractivity contribution is 5.82. The van der Waals surface area contributed by atoms with Crippen molar-refractivity contribution < 1.29 is 0 Å². The smallest absolute Gasteiger partial charge is 0.0687 e. The number of aryl methyl sites for hydroxylation is 1. The van der Waals surface area contributed by atoms with Crippen LogP contribution in [0.3, 0.4) is 0 Å². The molecule has 0 aliphatic heterocycles. The van der Waals surface area contributed by atoms with Crippen LogP contribution in [0, 0.1) is 6.92 Å². The highest BCUT2D eigenvalue weighted by Gasteiger charge is 2.09. The van der Waals surface area contributed by atoms with Gasteiger partial charge in [0.05, 0.1) is 11.7 Å². The minimum Gasteiger partial charge on any atom is -0.278 e. The fourth-order valence-corrected chi connectivity index (χ4v) is 1.88. The van der Waals surface area contributed by atoms with Gasteiger partial charge in [-0.15, -0.1) is 0 Å². The van der Waals surface area contributed by atoms with Crippen molar-refractivity contribution in [2.45, 2.75) is 26.7 Å². The zero-order valence-corrected chi connectivity index (χ0v) is 8.26. The Morgan fingerprint density at radius 3 is 2.77 bits per heavy atom. The van der Waals surface area contributed by atoms with E-state index in [4.69, 9.17) is 0 Å². The van der Waals surface area contributed by atoms with Gasteiger partial charge in [0.1, 0.15) is 0 Å². The molecule has 2 nitrogen and oxygen atoms in total. The SMILES string of the molecule is Cc1ccc2cn[nH]c2c1C(C)C. The van der Waals surface area contributed by atoms with Crippen molar-refractivity contribution in [3.05, 3.63) is 29.5 Å². The van der Waals surface area contributed by atoms with E-state index in [1.54, 1.807) is 0 Å². The van der Waals surface area contributed by atoms with Gasteiger partial charge in [-0.25, -0.2) is 0 Å². The van der Waals surface area contributed by atoms with Gasteiger partial charge in [0.15, 0.2) is 0 Å². The Balaban J connectivity index is 2.80. The second kappa shape index (κ2) is 2.87. The molecule has 0 unspecified atom stereocenters. The summed E-state index contributed by atoms with van der Waals surface area (Å²) in [6.45, 7) is 6.57. The highest BCUT2D eigenvalue weighted by Crippen LogP contribution is 2.26. The van der Waals surface area contributed by atoms with E-state index < -0.39 is 0 Å². The van der Waals surface area contributed by atoms with Crippen molar-refractivity contribution in [2.24, 2.45) is 0 Å². The van der Waals surface area contributed by atoms with Crippen LogP contribution < -0.4 is 0 Å². The maximum Gasteiger partial charge on any atom is 0.0687 e. The summed E-state index contributed by atoms with van der Waals surface area (Å²) in [7, 11) is 0. The minimum atomic E-state index is 0.546. The number of fused-ring (bicyclic) bond motifs is 1. The van der Waals surface area contributed by atoms with Gasteiger partial charge in [-0.1, -0.05) is 26.0 Å². The van der Waals surface area contributed by atoms with Crippen molar-refractivity contribution in [3.63, 3.8) is 0 Å². The van der Waals surface area contributed by atoms with E-state index in [9.17, 15) is 0 Å². The van der Waals surface area contributed by atoms with Crippen molar-refractivity contribution in [1.82, 2.24) is 10.2 Å². The van der Waals surface area contributed by atoms with Crippen molar-refractivity contribution in [3.8, 4) is 0 Å². The Morgan fingerprint density at radius 1 is 1.31 bits per heavy atom. The summed E-state index contributed by atoms with van der Waals surface area (Å²) in [6, 6.07) is 4.27. The quantitative estimate of drug-likeness (QED) is 0.707. The molecule has 2 rings (SSSR count). The number of benzene rings is 1. The van der Waals surface area contributed by atoms with E-state index in [-0.39, 0.29) is 0 Å². The van der Waals surface area contributed by atoms with Crippen molar-refractivity contribution >= 4 is 10.9 Å². The number of nitrogens with one attached hydrogen (secondary N) is 1. The van der Waals surface area contributed by atoms with E-state index in [0.717, 1.165) is 0 Å². The molecule has 0 amide bonds. The molecule has 0 fully saturated rings. The van der Waals surface area contributed by atoms with E-state index in [0.29, 0.717) is 5.92 Å². The largest absolute Gasteiger partial charge is 0.278 e. The molecule has 1 N–H and O–H groups in total. The number of nitrogens with zero attached hydrogens (tertiary/aromatic N) is 1. The lowest BCUT2D eigenvalue weighted by Gasteiger charge is -2.10. The van der Waals surface area contributed by atoms with E-state index in [2.05, 4.69) is 43.1 Å². The van der Waals surface area contributed by atoms with E-state index in [1.165, 1.54) is 22.0 Å². The molecule has 1 heterocycles. The summed E-state index contributed by atoms with van der Waals surface area (Å²) in [5.74, 6) is 0.546. The van der Waals surface area contributed by atoms with Gasteiger partial charge in [0, 0.05) is 5.39 Å². The Hall–Kier alpha value is -1.31. The zero-order valence-electron chi connectivity index (χ0n) is 8.26. The third-order valence-electron chi connectivity index (χ3n) is 2.45. The van der Waals surface area contributed by atoms with Crippen LogP contribution in [0.1, 0.15) is 30.9 Å². The van der Waals surface area contributed by atoms with Gasteiger partial charge in [-0.3, -0.25) is 5.10 Å². The first-order chi connectivity index (χ1) is 6.20. The first-order valence-corrected chi connectivity index (χ1v) is 4.62. The fraction of sp³-hybridized carbons (Fsp3) is 0.364. The van der Waals surface area contributed by atoms with Crippen LogP contribution >= 0.6 is 0 Å². The second-order valence-corrected chi connectivity index (χ2v) is 3.79. The maximum absolute atomic E-state index is 4.06. The van der Waals surface area contributed by atoms with Crippen LogP contribution in [0.15, 0.2) is 18.3 Å². The summed E-state index contributed by atoms with van der Waals surface area (Å²) in [4.78, 5) is 0. The normalized spacial score (nSPS) is 11.4. The monoisotopic (exact) mass is 174 g/mol. The van der Waals surface area contributed by atoms with Crippen LogP contribution in [0.4, 0.5) is 0 Å². The molecular formula is C11H14N2. The molecule has 2 aromatic rings. The molecule has 0 saturated carbocycles. The van der Waals surface area contributed by atoms with Gasteiger partial charge in [0.25, 0.3) is 0 Å². The number of H-pyrrole nitrogens is 1. The summed E-state index contributed by atoms with van der Waals surface area (Å²) < 4.78 is 0. The number of rotatable bonds is 1. The number of hydrogen-bond acceptors (Lipinski definition) is 1. The van der Waals surface area contributed by atoms with Gasteiger partial charge in [-0.2, -0.15) is 5.10 Å². The lowest BCUT2D eigenvalue weighted by atomic mass is 9.96. The first kappa shape index (κ1) is 8.30. The lowest BCUT2D eigenvalue weighted by Crippen LogP contribution is -1.93.